The van der Waals surface area contributed by atoms with E-state index in [0.29, 0.717) is 6.42 Å². The normalized spacial score (nSPS) is 15.7. The number of carbonyl (C=O) groups excluding carboxylic acids is 1. The molecule has 0 radical (unpaired) electrons. The quantitative estimate of drug-likeness (QED) is 0.586. The van der Waals surface area contributed by atoms with Gasteiger partial charge < -0.3 is 4.74 Å². The molecule has 0 aromatic heterocycles. The lowest BCUT2D eigenvalue weighted by molar-refractivity contribution is -0.147. The van der Waals surface area contributed by atoms with Crippen molar-refractivity contribution in [3.8, 4) is 0 Å². The fraction of sp³-hybridized carbons (Fsp3) is 0.409. The standard InChI is InChI=1S/C22H26O2/c1-3-5-8-16-12-13-17-9-7-10-19-20(15-14-18(16)22(17)19)24-21(23)11-6-4-2/h7,9-10,12-15,20H,3-6,8,11H2,1-2H3. The molecule has 0 heterocycles. The zero-order valence-electron chi connectivity index (χ0n) is 14.7. The van der Waals surface area contributed by atoms with E-state index in [2.05, 4.69) is 50.3 Å². The Morgan fingerprint density at radius 1 is 1.08 bits per heavy atom. The van der Waals surface area contributed by atoms with Gasteiger partial charge in [0.05, 0.1) is 0 Å². The zero-order chi connectivity index (χ0) is 16.9. The molecule has 126 valence electrons. The van der Waals surface area contributed by atoms with Crippen molar-refractivity contribution < 1.29 is 9.53 Å². The molecule has 2 aromatic rings. The van der Waals surface area contributed by atoms with E-state index in [0.717, 1.165) is 24.8 Å². The van der Waals surface area contributed by atoms with Gasteiger partial charge in [-0.2, -0.15) is 0 Å². The minimum absolute atomic E-state index is 0.103. The van der Waals surface area contributed by atoms with E-state index in [9.17, 15) is 4.79 Å². The van der Waals surface area contributed by atoms with E-state index in [-0.39, 0.29) is 12.1 Å². The van der Waals surface area contributed by atoms with E-state index >= 15 is 0 Å². The van der Waals surface area contributed by atoms with Crippen LogP contribution in [0.5, 0.6) is 0 Å². The van der Waals surface area contributed by atoms with Crippen molar-refractivity contribution in [2.45, 2.75) is 58.5 Å². The van der Waals surface area contributed by atoms with E-state index in [1.54, 1.807) is 0 Å². The summed E-state index contributed by atoms with van der Waals surface area (Å²) in [7, 11) is 0. The van der Waals surface area contributed by atoms with Gasteiger partial charge in [0.25, 0.3) is 0 Å². The Balaban J connectivity index is 1.94. The lowest BCUT2D eigenvalue weighted by Gasteiger charge is -2.23. The highest BCUT2D eigenvalue weighted by Gasteiger charge is 2.22. The van der Waals surface area contributed by atoms with Crippen LogP contribution in [0.2, 0.25) is 0 Å². The molecule has 24 heavy (non-hydrogen) atoms. The maximum Gasteiger partial charge on any atom is 0.306 e. The van der Waals surface area contributed by atoms with Crippen LogP contribution in [0.1, 0.15) is 68.7 Å². The van der Waals surface area contributed by atoms with Crippen molar-refractivity contribution in [2.24, 2.45) is 0 Å². The third-order valence-corrected chi connectivity index (χ3v) is 4.75. The van der Waals surface area contributed by atoms with Crippen LogP contribution in [-0.2, 0) is 16.0 Å². The number of rotatable bonds is 7. The van der Waals surface area contributed by atoms with Crippen LogP contribution in [0.3, 0.4) is 0 Å². The van der Waals surface area contributed by atoms with Crippen molar-refractivity contribution in [3.63, 3.8) is 0 Å². The van der Waals surface area contributed by atoms with Gasteiger partial charge >= 0.3 is 5.97 Å². The summed E-state index contributed by atoms with van der Waals surface area (Å²) in [5.41, 5.74) is 3.81. The molecule has 2 heteroatoms. The van der Waals surface area contributed by atoms with Gasteiger partial charge in [0.2, 0.25) is 0 Å². The fourth-order valence-electron chi connectivity index (χ4n) is 3.40. The van der Waals surface area contributed by atoms with Crippen LogP contribution < -0.4 is 0 Å². The molecule has 0 bridgehead atoms. The van der Waals surface area contributed by atoms with Gasteiger partial charge in [-0.25, -0.2) is 0 Å². The molecule has 0 amide bonds. The number of hydrogen-bond acceptors (Lipinski definition) is 2. The molecule has 1 unspecified atom stereocenters. The molecular formula is C22H26O2. The van der Waals surface area contributed by atoms with Gasteiger partial charge in [-0.05, 0) is 47.2 Å². The molecule has 2 nitrogen and oxygen atoms in total. The lowest BCUT2D eigenvalue weighted by Crippen LogP contribution is -2.12. The summed E-state index contributed by atoms with van der Waals surface area (Å²) in [4.78, 5) is 12.1. The largest absolute Gasteiger partial charge is 0.453 e. The van der Waals surface area contributed by atoms with Crippen LogP contribution in [0.4, 0.5) is 0 Å². The average molecular weight is 322 g/mol. The number of benzene rings is 2. The average Bonchev–Trinajstić information content (AvgIpc) is 2.61. The van der Waals surface area contributed by atoms with E-state index < -0.39 is 0 Å². The highest BCUT2D eigenvalue weighted by atomic mass is 16.5. The molecule has 1 atom stereocenters. The Bertz CT molecular complexity index is 758. The predicted octanol–water partition coefficient (Wildman–Crippen LogP) is 5.98. The van der Waals surface area contributed by atoms with Crippen molar-refractivity contribution in [3.05, 3.63) is 53.1 Å². The molecule has 0 aliphatic heterocycles. The smallest absolute Gasteiger partial charge is 0.306 e. The highest BCUT2D eigenvalue weighted by Crippen LogP contribution is 2.37. The van der Waals surface area contributed by atoms with Gasteiger partial charge in [0, 0.05) is 12.0 Å². The summed E-state index contributed by atoms with van der Waals surface area (Å²) in [5, 5.41) is 2.48. The minimum Gasteiger partial charge on any atom is -0.453 e. The second-order valence-electron chi connectivity index (χ2n) is 6.56. The highest BCUT2D eigenvalue weighted by molar-refractivity contribution is 5.97. The fourth-order valence-corrected chi connectivity index (χ4v) is 3.40. The molecule has 0 saturated carbocycles. The molecule has 3 rings (SSSR count). The second-order valence-corrected chi connectivity index (χ2v) is 6.56. The van der Waals surface area contributed by atoms with Crippen molar-refractivity contribution in [1.82, 2.24) is 0 Å². The Morgan fingerprint density at radius 2 is 1.92 bits per heavy atom. The Kier molecular flexibility index (Phi) is 5.34. The third kappa shape index (κ3) is 3.38. The molecule has 0 fully saturated rings. The summed E-state index contributed by atoms with van der Waals surface area (Å²) in [6, 6.07) is 10.7. The van der Waals surface area contributed by atoms with E-state index in [1.807, 2.05) is 6.08 Å². The predicted molar refractivity (Wildman–Crippen MR) is 100.0 cm³/mol. The van der Waals surface area contributed by atoms with Crippen LogP contribution in [0.15, 0.2) is 36.4 Å². The van der Waals surface area contributed by atoms with Crippen LogP contribution in [0.25, 0.3) is 16.8 Å². The van der Waals surface area contributed by atoms with E-state index in [1.165, 1.54) is 34.7 Å². The number of hydrogen-bond donors (Lipinski definition) is 0. The molecule has 1 aliphatic carbocycles. The van der Waals surface area contributed by atoms with Gasteiger partial charge in [0.15, 0.2) is 0 Å². The Labute approximate surface area is 144 Å². The zero-order valence-corrected chi connectivity index (χ0v) is 14.7. The van der Waals surface area contributed by atoms with Gasteiger partial charge in [-0.1, -0.05) is 63.1 Å². The maximum atomic E-state index is 12.1. The maximum absolute atomic E-state index is 12.1. The molecule has 2 aromatic carbocycles. The third-order valence-electron chi connectivity index (χ3n) is 4.75. The summed E-state index contributed by atoms with van der Waals surface area (Å²) in [6.45, 7) is 4.31. The summed E-state index contributed by atoms with van der Waals surface area (Å²) in [6.07, 6.45) is 9.82. The summed E-state index contributed by atoms with van der Waals surface area (Å²) in [5.74, 6) is -0.103. The monoisotopic (exact) mass is 322 g/mol. The first-order valence-electron chi connectivity index (χ1n) is 9.16. The summed E-state index contributed by atoms with van der Waals surface area (Å²) >= 11 is 0. The number of ether oxygens (including phenoxy) is 1. The van der Waals surface area contributed by atoms with Crippen molar-refractivity contribution in [2.75, 3.05) is 0 Å². The first-order valence-corrected chi connectivity index (χ1v) is 9.16. The molecule has 0 N–H and O–H groups in total. The van der Waals surface area contributed by atoms with Crippen LogP contribution >= 0.6 is 0 Å². The van der Waals surface area contributed by atoms with Crippen molar-refractivity contribution >= 4 is 22.8 Å². The first-order chi connectivity index (χ1) is 11.7. The van der Waals surface area contributed by atoms with Gasteiger partial charge in [-0.15, -0.1) is 0 Å². The SMILES string of the molecule is CCCCC(=O)OC1C=Cc2c(CCCC)ccc3cccc1c23. The number of unbranched alkanes of at least 4 members (excludes halogenated alkanes) is 2. The topological polar surface area (TPSA) is 26.3 Å². The molecule has 0 saturated heterocycles. The lowest BCUT2D eigenvalue weighted by atomic mass is 9.87. The first kappa shape index (κ1) is 16.8. The number of carbonyl (C=O) groups is 1. The summed E-state index contributed by atoms with van der Waals surface area (Å²) < 4.78 is 5.74. The van der Waals surface area contributed by atoms with Crippen LogP contribution in [-0.4, -0.2) is 5.97 Å². The van der Waals surface area contributed by atoms with Gasteiger partial charge in [0.1, 0.15) is 6.10 Å². The molecule has 0 spiro atoms. The van der Waals surface area contributed by atoms with Crippen LogP contribution in [0, 0.1) is 0 Å². The Hall–Kier alpha value is -2.09. The number of esters is 1. The Morgan fingerprint density at radius 3 is 2.71 bits per heavy atom. The molecule has 1 aliphatic rings. The second kappa shape index (κ2) is 7.65. The minimum atomic E-state index is -0.257. The van der Waals surface area contributed by atoms with E-state index in [4.69, 9.17) is 4.74 Å². The molecular weight excluding hydrogens is 296 g/mol. The number of aryl methyl sites for hydroxylation is 1. The van der Waals surface area contributed by atoms with Crippen molar-refractivity contribution in [1.29, 1.82) is 0 Å². The van der Waals surface area contributed by atoms with Gasteiger partial charge in [-0.3, -0.25) is 4.79 Å².